The number of rotatable bonds is 3. The van der Waals surface area contributed by atoms with E-state index in [1.807, 2.05) is 18.2 Å². The standard InChI is InChI=1S/C21H21N3O/c1-21(20-15-22-12-13-23-20)14-19(24(2)25-21)18-10-8-17(9-11-18)16-6-4-3-5-7-16/h3-13,15,19H,14H2,1-2H3/t19-,21+/m1/s1. The van der Waals surface area contributed by atoms with Crippen LogP contribution in [0, 0.1) is 0 Å². The molecule has 0 unspecified atom stereocenters. The largest absolute Gasteiger partial charge is 0.286 e. The quantitative estimate of drug-likeness (QED) is 0.714. The number of hydrogen-bond acceptors (Lipinski definition) is 4. The van der Waals surface area contributed by atoms with Gasteiger partial charge in [-0.05, 0) is 23.6 Å². The van der Waals surface area contributed by atoms with E-state index < -0.39 is 5.60 Å². The SMILES string of the molecule is CN1O[C@](C)(c2cnccn2)C[C@@H]1c1ccc(-c2ccccc2)cc1. The Balaban J connectivity index is 1.58. The van der Waals surface area contributed by atoms with Crippen LogP contribution in [0.15, 0.2) is 73.2 Å². The zero-order valence-corrected chi connectivity index (χ0v) is 14.5. The smallest absolute Gasteiger partial charge is 0.132 e. The number of hydrogen-bond donors (Lipinski definition) is 0. The monoisotopic (exact) mass is 331 g/mol. The van der Waals surface area contributed by atoms with Crippen molar-refractivity contribution in [3.05, 3.63) is 84.4 Å². The Morgan fingerprint density at radius 2 is 1.72 bits per heavy atom. The third kappa shape index (κ3) is 3.06. The molecule has 0 amide bonds. The van der Waals surface area contributed by atoms with Crippen molar-refractivity contribution in [1.82, 2.24) is 15.0 Å². The third-order valence-corrected chi connectivity index (χ3v) is 4.87. The van der Waals surface area contributed by atoms with E-state index in [2.05, 4.69) is 65.4 Å². The first-order valence-electron chi connectivity index (χ1n) is 8.49. The molecule has 25 heavy (non-hydrogen) atoms. The van der Waals surface area contributed by atoms with Crippen LogP contribution in [0.2, 0.25) is 0 Å². The molecule has 3 aromatic rings. The highest BCUT2D eigenvalue weighted by molar-refractivity contribution is 5.63. The van der Waals surface area contributed by atoms with Gasteiger partial charge < -0.3 is 0 Å². The normalized spacial score (nSPS) is 23.7. The molecule has 1 fully saturated rings. The Hall–Kier alpha value is -2.56. The molecule has 4 heteroatoms. The van der Waals surface area contributed by atoms with E-state index in [9.17, 15) is 0 Å². The average Bonchev–Trinajstić information content (AvgIpc) is 2.99. The van der Waals surface area contributed by atoms with Gasteiger partial charge in [-0.2, -0.15) is 5.06 Å². The van der Waals surface area contributed by atoms with Crippen LogP contribution in [0.5, 0.6) is 0 Å². The lowest BCUT2D eigenvalue weighted by Gasteiger charge is -2.21. The van der Waals surface area contributed by atoms with Gasteiger partial charge in [-0.3, -0.25) is 14.8 Å². The van der Waals surface area contributed by atoms with Crippen LogP contribution in [0.4, 0.5) is 0 Å². The second-order valence-electron chi connectivity index (χ2n) is 6.67. The minimum absolute atomic E-state index is 0.192. The zero-order chi connectivity index (χ0) is 17.3. The van der Waals surface area contributed by atoms with Crippen LogP contribution in [0.25, 0.3) is 11.1 Å². The van der Waals surface area contributed by atoms with Gasteiger partial charge >= 0.3 is 0 Å². The first-order valence-corrected chi connectivity index (χ1v) is 8.49. The van der Waals surface area contributed by atoms with E-state index in [0.29, 0.717) is 0 Å². The Labute approximate surface area is 148 Å². The Morgan fingerprint density at radius 1 is 1.00 bits per heavy atom. The van der Waals surface area contributed by atoms with Gasteiger partial charge in [-0.15, -0.1) is 0 Å². The third-order valence-electron chi connectivity index (χ3n) is 4.87. The van der Waals surface area contributed by atoms with Crippen LogP contribution in [0.3, 0.4) is 0 Å². The molecule has 0 aliphatic carbocycles. The summed E-state index contributed by atoms with van der Waals surface area (Å²) in [5.41, 5.74) is 4.11. The Bertz CT molecular complexity index is 836. The predicted molar refractivity (Wildman–Crippen MR) is 97.5 cm³/mol. The topological polar surface area (TPSA) is 38.2 Å². The summed E-state index contributed by atoms with van der Waals surface area (Å²) in [6.45, 7) is 2.08. The fraction of sp³-hybridized carbons (Fsp3) is 0.238. The van der Waals surface area contributed by atoms with Crippen molar-refractivity contribution in [2.45, 2.75) is 25.0 Å². The van der Waals surface area contributed by atoms with Crippen LogP contribution in [-0.2, 0) is 10.4 Å². The highest BCUT2D eigenvalue weighted by atomic mass is 16.7. The molecule has 4 rings (SSSR count). The van der Waals surface area contributed by atoms with E-state index in [4.69, 9.17) is 4.84 Å². The maximum absolute atomic E-state index is 6.15. The van der Waals surface area contributed by atoms with Crippen LogP contribution >= 0.6 is 0 Å². The van der Waals surface area contributed by atoms with E-state index in [0.717, 1.165) is 12.1 Å². The van der Waals surface area contributed by atoms with Gasteiger partial charge in [-0.25, -0.2) is 0 Å². The molecular weight excluding hydrogens is 310 g/mol. The van der Waals surface area contributed by atoms with E-state index in [-0.39, 0.29) is 6.04 Å². The van der Waals surface area contributed by atoms with E-state index in [1.54, 1.807) is 18.6 Å². The molecule has 1 saturated heterocycles. The number of aromatic nitrogens is 2. The summed E-state index contributed by atoms with van der Waals surface area (Å²) in [7, 11) is 1.98. The average molecular weight is 331 g/mol. The summed E-state index contributed by atoms with van der Waals surface area (Å²) < 4.78 is 0. The van der Waals surface area contributed by atoms with Crippen molar-refractivity contribution in [3.8, 4) is 11.1 Å². The Kier molecular flexibility index (Phi) is 4.07. The van der Waals surface area contributed by atoms with Gasteiger partial charge in [0.1, 0.15) is 5.60 Å². The summed E-state index contributed by atoms with van der Waals surface area (Å²) in [6.07, 6.45) is 6.03. The van der Waals surface area contributed by atoms with Crippen molar-refractivity contribution in [3.63, 3.8) is 0 Å². The highest BCUT2D eigenvalue weighted by Gasteiger charge is 2.43. The first-order chi connectivity index (χ1) is 12.2. The van der Waals surface area contributed by atoms with Gasteiger partial charge in [0.15, 0.2) is 0 Å². The first kappa shape index (κ1) is 15.9. The fourth-order valence-electron chi connectivity index (χ4n) is 3.50. The summed E-state index contributed by atoms with van der Waals surface area (Å²) in [6, 6.07) is 19.4. The molecule has 0 bridgehead atoms. The van der Waals surface area contributed by atoms with Crippen LogP contribution < -0.4 is 0 Å². The lowest BCUT2D eigenvalue weighted by atomic mass is 9.91. The zero-order valence-electron chi connectivity index (χ0n) is 14.5. The molecule has 0 saturated carbocycles. The molecule has 1 aliphatic heterocycles. The summed E-state index contributed by atoms with van der Waals surface area (Å²) in [5.74, 6) is 0. The van der Waals surface area contributed by atoms with Crippen molar-refractivity contribution >= 4 is 0 Å². The minimum Gasteiger partial charge on any atom is -0.286 e. The maximum Gasteiger partial charge on any atom is 0.132 e. The summed E-state index contributed by atoms with van der Waals surface area (Å²) >= 11 is 0. The van der Waals surface area contributed by atoms with Crippen LogP contribution in [0.1, 0.15) is 30.6 Å². The molecule has 4 nitrogen and oxygen atoms in total. The molecule has 2 aromatic carbocycles. The second kappa shape index (κ2) is 6.39. The molecule has 126 valence electrons. The molecule has 0 spiro atoms. The molecular formula is C21H21N3O. The second-order valence-corrected chi connectivity index (χ2v) is 6.67. The maximum atomic E-state index is 6.15. The number of benzene rings is 2. The molecule has 2 atom stereocenters. The van der Waals surface area contributed by atoms with Crippen LogP contribution in [-0.4, -0.2) is 22.1 Å². The van der Waals surface area contributed by atoms with Gasteiger partial charge in [0.25, 0.3) is 0 Å². The lowest BCUT2D eigenvalue weighted by Crippen LogP contribution is -2.24. The van der Waals surface area contributed by atoms with E-state index >= 15 is 0 Å². The van der Waals surface area contributed by atoms with Gasteiger partial charge in [0.05, 0.1) is 17.9 Å². The molecule has 0 N–H and O–H groups in total. The molecule has 1 aromatic heterocycles. The summed E-state index contributed by atoms with van der Waals surface area (Å²) in [5, 5.41) is 1.94. The number of nitrogens with zero attached hydrogens (tertiary/aromatic N) is 3. The lowest BCUT2D eigenvalue weighted by molar-refractivity contribution is -0.189. The summed E-state index contributed by atoms with van der Waals surface area (Å²) in [4.78, 5) is 14.8. The van der Waals surface area contributed by atoms with Crippen molar-refractivity contribution < 1.29 is 4.84 Å². The van der Waals surface area contributed by atoms with Crippen molar-refractivity contribution in [2.24, 2.45) is 0 Å². The Morgan fingerprint density at radius 3 is 2.40 bits per heavy atom. The number of hydroxylamine groups is 2. The van der Waals surface area contributed by atoms with E-state index in [1.165, 1.54) is 16.7 Å². The molecule has 1 aliphatic rings. The predicted octanol–water partition coefficient (Wildman–Crippen LogP) is 4.37. The fourth-order valence-corrected chi connectivity index (χ4v) is 3.50. The minimum atomic E-state index is -0.453. The highest BCUT2D eigenvalue weighted by Crippen LogP contribution is 2.44. The molecule has 2 heterocycles. The molecule has 0 radical (unpaired) electrons. The van der Waals surface area contributed by atoms with Crippen molar-refractivity contribution in [1.29, 1.82) is 0 Å². The van der Waals surface area contributed by atoms with Gasteiger partial charge in [0.2, 0.25) is 0 Å². The van der Waals surface area contributed by atoms with Gasteiger partial charge in [0, 0.05) is 25.9 Å². The van der Waals surface area contributed by atoms with Gasteiger partial charge in [-0.1, -0.05) is 54.6 Å². The van der Waals surface area contributed by atoms with Crippen molar-refractivity contribution in [2.75, 3.05) is 7.05 Å².